The number of aromatic nitrogens is 4. The number of pyridine rings is 2. The van der Waals surface area contributed by atoms with Gasteiger partial charge in [-0.1, -0.05) is 6.07 Å². The molecule has 1 saturated heterocycles. The highest BCUT2D eigenvalue weighted by Gasteiger charge is 2.15. The first-order valence-corrected chi connectivity index (χ1v) is 9.85. The largest absolute Gasteiger partial charge is 0.397 e. The van der Waals surface area contributed by atoms with Crippen molar-refractivity contribution in [2.45, 2.75) is 12.8 Å². The molecule has 150 valence electrons. The summed E-state index contributed by atoms with van der Waals surface area (Å²) in [6.45, 7) is 3.05. The van der Waals surface area contributed by atoms with E-state index in [9.17, 15) is 0 Å². The van der Waals surface area contributed by atoms with Gasteiger partial charge in [-0.3, -0.25) is 15.1 Å². The van der Waals surface area contributed by atoms with Gasteiger partial charge in [0.05, 0.1) is 35.2 Å². The molecule has 1 aliphatic heterocycles. The second kappa shape index (κ2) is 8.40. The minimum atomic E-state index is 0.278. The highest BCUT2D eigenvalue weighted by atomic mass is 15.2. The van der Waals surface area contributed by atoms with Gasteiger partial charge in [0.15, 0.2) is 0 Å². The third-order valence-corrected chi connectivity index (χ3v) is 5.24. The average Bonchev–Trinajstić information content (AvgIpc) is 3.19. The van der Waals surface area contributed by atoms with Gasteiger partial charge in [-0.25, -0.2) is 4.98 Å². The van der Waals surface area contributed by atoms with Crippen LogP contribution < -0.4 is 16.4 Å². The topological polar surface area (TPSA) is 118 Å². The van der Waals surface area contributed by atoms with Gasteiger partial charge >= 0.3 is 0 Å². The number of nitrogens with zero attached hydrogens (tertiary/aromatic N) is 4. The minimum Gasteiger partial charge on any atom is -0.397 e. The maximum absolute atomic E-state index is 8.67. The molecule has 0 atom stereocenters. The average molecular weight is 390 g/mol. The zero-order valence-corrected chi connectivity index (χ0v) is 16.5. The molecule has 3 aromatic heterocycles. The molecule has 0 saturated carbocycles. The standard InChI is InChI=1S/C21H26N8/c1-29-13-15(11-27-29)19-9-16(17(22)12-25-19)21(23)18-3-2-4-20(28-18)26-10-14-5-7-24-8-6-14/h2-4,9,11-14,23-24H,5-8,10,22H2,1H3,(H,26,28). The molecule has 0 radical (unpaired) electrons. The lowest BCUT2D eigenvalue weighted by atomic mass is 9.98. The van der Waals surface area contributed by atoms with Crippen LogP contribution in [0.15, 0.2) is 42.9 Å². The Morgan fingerprint density at radius 1 is 1.31 bits per heavy atom. The third kappa shape index (κ3) is 4.43. The van der Waals surface area contributed by atoms with Gasteiger partial charge < -0.3 is 16.4 Å². The summed E-state index contributed by atoms with van der Waals surface area (Å²) in [6.07, 6.45) is 7.57. The van der Waals surface area contributed by atoms with Crippen LogP contribution >= 0.6 is 0 Å². The molecule has 4 heterocycles. The zero-order chi connectivity index (χ0) is 20.2. The van der Waals surface area contributed by atoms with Crippen molar-refractivity contribution in [3.05, 3.63) is 54.1 Å². The molecule has 1 aliphatic rings. The van der Waals surface area contributed by atoms with Crippen LogP contribution in [0.1, 0.15) is 24.1 Å². The maximum Gasteiger partial charge on any atom is 0.126 e. The first kappa shape index (κ1) is 19.1. The highest BCUT2D eigenvalue weighted by molar-refractivity contribution is 6.13. The van der Waals surface area contributed by atoms with Crippen molar-refractivity contribution in [3.8, 4) is 11.3 Å². The number of nitrogen functional groups attached to an aromatic ring is 1. The number of anilines is 2. The molecule has 4 rings (SSSR count). The summed E-state index contributed by atoms with van der Waals surface area (Å²) in [5.74, 6) is 1.44. The summed E-state index contributed by atoms with van der Waals surface area (Å²) in [6, 6.07) is 7.52. The SMILES string of the molecule is Cn1cc(-c2cc(C(=N)c3cccc(NCC4CCNCC4)n3)c(N)cn2)cn1. The second-order valence-electron chi connectivity index (χ2n) is 7.42. The number of hydrogen-bond donors (Lipinski definition) is 4. The molecule has 0 spiro atoms. The molecule has 29 heavy (non-hydrogen) atoms. The van der Waals surface area contributed by atoms with Gasteiger partial charge in [0.25, 0.3) is 0 Å². The van der Waals surface area contributed by atoms with Crippen molar-refractivity contribution >= 4 is 17.2 Å². The Balaban J connectivity index is 1.53. The molecule has 0 unspecified atom stereocenters. The van der Waals surface area contributed by atoms with Crippen LogP contribution in [0.25, 0.3) is 11.3 Å². The summed E-state index contributed by atoms with van der Waals surface area (Å²) < 4.78 is 1.72. The van der Waals surface area contributed by atoms with Gasteiger partial charge in [0.1, 0.15) is 5.82 Å². The van der Waals surface area contributed by atoms with E-state index in [1.807, 2.05) is 37.5 Å². The quantitative estimate of drug-likeness (QED) is 0.480. The molecule has 8 nitrogen and oxygen atoms in total. The second-order valence-corrected chi connectivity index (χ2v) is 7.42. The molecular weight excluding hydrogens is 364 g/mol. The van der Waals surface area contributed by atoms with Crippen LogP contribution in [-0.4, -0.2) is 45.1 Å². The third-order valence-electron chi connectivity index (χ3n) is 5.24. The van der Waals surface area contributed by atoms with E-state index in [2.05, 4.69) is 25.7 Å². The fourth-order valence-corrected chi connectivity index (χ4v) is 3.54. The number of nitrogens with two attached hydrogens (primary N) is 1. The van der Waals surface area contributed by atoms with E-state index >= 15 is 0 Å². The van der Waals surface area contributed by atoms with Gasteiger partial charge in [-0.2, -0.15) is 5.10 Å². The smallest absolute Gasteiger partial charge is 0.126 e. The van der Waals surface area contributed by atoms with Crippen molar-refractivity contribution < 1.29 is 0 Å². The Morgan fingerprint density at radius 3 is 2.90 bits per heavy atom. The van der Waals surface area contributed by atoms with Crippen LogP contribution in [0.2, 0.25) is 0 Å². The van der Waals surface area contributed by atoms with Crippen LogP contribution in [0, 0.1) is 11.3 Å². The van der Waals surface area contributed by atoms with E-state index in [1.54, 1.807) is 17.1 Å². The Labute approximate surface area is 170 Å². The summed E-state index contributed by atoms with van der Waals surface area (Å²) >= 11 is 0. The summed E-state index contributed by atoms with van der Waals surface area (Å²) in [5.41, 5.74) is 9.67. The number of hydrogen-bond acceptors (Lipinski definition) is 7. The molecule has 0 aliphatic carbocycles. The molecule has 5 N–H and O–H groups in total. The Bertz CT molecular complexity index is 1000. The zero-order valence-electron chi connectivity index (χ0n) is 16.5. The van der Waals surface area contributed by atoms with Crippen LogP contribution in [-0.2, 0) is 7.05 Å². The fraction of sp³-hybridized carbons (Fsp3) is 0.333. The molecular formula is C21H26N8. The molecule has 3 aromatic rings. The lowest BCUT2D eigenvalue weighted by Gasteiger charge is -2.23. The minimum absolute atomic E-state index is 0.278. The summed E-state index contributed by atoms with van der Waals surface area (Å²) in [4.78, 5) is 9.02. The summed E-state index contributed by atoms with van der Waals surface area (Å²) in [7, 11) is 1.86. The monoisotopic (exact) mass is 390 g/mol. The highest BCUT2D eigenvalue weighted by Crippen LogP contribution is 2.23. The first-order chi connectivity index (χ1) is 14.1. The van der Waals surface area contributed by atoms with Crippen LogP contribution in [0.4, 0.5) is 11.5 Å². The predicted molar refractivity (Wildman–Crippen MR) is 115 cm³/mol. The van der Waals surface area contributed by atoms with Crippen molar-refractivity contribution in [3.63, 3.8) is 0 Å². The van der Waals surface area contributed by atoms with E-state index in [0.717, 1.165) is 36.7 Å². The van der Waals surface area contributed by atoms with Gasteiger partial charge in [-0.05, 0) is 50.0 Å². The predicted octanol–water partition coefficient (Wildman–Crippen LogP) is 2.29. The molecule has 8 heteroatoms. The van der Waals surface area contributed by atoms with E-state index in [1.165, 1.54) is 12.8 Å². The Morgan fingerprint density at radius 2 is 2.14 bits per heavy atom. The van der Waals surface area contributed by atoms with E-state index in [-0.39, 0.29) is 5.71 Å². The maximum atomic E-state index is 8.67. The molecule has 0 bridgehead atoms. The summed E-state index contributed by atoms with van der Waals surface area (Å²) in [5, 5.41) is 19.7. The normalized spacial score (nSPS) is 14.7. The van der Waals surface area contributed by atoms with Crippen LogP contribution in [0.5, 0.6) is 0 Å². The Hall–Kier alpha value is -3.26. The number of nitrogens with one attached hydrogen (secondary N) is 3. The number of aryl methyl sites for hydroxylation is 1. The van der Waals surface area contributed by atoms with Crippen molar-refractivity contribution in [2.75, 3.05) is 30.7 Å². The lowest BCUT2D eigenvalue weighted by Crippen LogP contribution is -2.31. The Kier molecular flexibility index (Phi) is 5.53. The molecule has 0 amide bonds. The van der Waals surface area contributed by atoms with Crippen molar-refractivity contribution in [2.24, 2.45) is 13.0 Å². The van der Waals surface area contributed by atoms with Crippen LogP contribution in [0.3, 0.4) is 0 Å². The number of piperidine rings is 1. The lowest BCUT2D eigenvalue weighted by molar-refractivity contribution is 0.389. The van der Waals surface area contributed by atoms with Gasteiger partial charge in [0.2, 0.25) is 0 Å². The fourth-order valence-electron chi connectivity index (χ4n) is 3.54. The first-order valence-electron chi connectivity index (χ1n) is 9.85. The van der Waals surface area contributed by atoms with Gasteiger partial charge in [0, 0.05) is 30.9 Å². The molecule has 0 aromatic carbocycles. The van der Waals surface area contributed by atoms with Crippen molar-refractivity contribution in [1.29, 1.82) is 5.41 Å². The van der Waals surface area contributed by atoms with E-state index < -0.39 is 0 Å². The van der Waals surface area contributed by atoms with Gasteiger partial charge in [-0.15, -0.1) is 0 Å². The van der Waals surface area contributed by atoms with E-state index in [0.29, 0.717) is 22.9 Å². The van der Waals surface area contributed by atoms with E-state index in [4.69, 9.17) is 11.1 Å². The number of rotatable bonds is 6. The van der Waals surface area contributed by atoms with Crippen molar-refractivity contribution in [1.82, 2.24) is 25.1 Å². The molecule has 1 fully saturated rings.